The Morgan fingerprint density at radius 3 is 2.45 bits per heavy atom. The number of benzene rings is 3. The van der Waals surface area contributed by atoms with Crippen LogP contribution in [-0.2, 0) is 0 Å². The Kier molecular flexibility index (Phi) is 3.58. The number of aryl methyl sites for hydroxylation is 1. The Balaban J connectivity index is 2.15. The van der Waals surface area contributed by atoms with Gasteiger partial charge in [0, 0.05) is 5.56 Å². The highest BCUT2D eigenvalue weighted by molar-refractivity contribution is 9.09. The molecular weight excluding hydrogens is 315 g/mol. The predicted octanol–water partition coefficient (Wildman–Crippen LogP) is 5.77. The van der Waals surface area contributed by atoms with E-state index in [1.807, 2.05) is 43.3 Å². The highest BCUT2D eigenvalue weighted by atomic mass is 79.9. The Hall–Kier alpha value is -1.67. The summed E-state index contributed by atoms with van der Waals surface area (Å²) in [5, 5.41) is 2.32. The average Bonchev–Trinajstić information content (AvgIpc) is 2.46. The molecule has 0 N–H and O–H groups in total. The second kappa shape index (κ2) is 5.37. The molecule has 100 valence electrons. The van der Waals surface area contributed by atoms with Crippen LogP contribution in [0.25, 0.3) is 10.8 Å². The normalized spacial score (nSPS) is 12.6. The third kappa shape index (κ3) is 2.36. The van der Waals surface area contributed by atoms with Gasteiger partial charge in [-0.05, 0) is 34.9 Å². The molecule has 0 bridgehead atoms. The Morgan fingerprint density at radius 2 is 1.65 bits per heavy atom. The lowest BCUT2D eigenvalue weighted by molar-refractivity contribution is 0.612. The summed E-state index contributed by atoms with van der Waals surface area (Å²) in [7, 11) is 0. The lowest BCUT2D eigenvalue weighted by atomic mass is 9.97. The van der Waals surface area contributed by atoms with Gasteiger partial charge in [-0.3, -0.25) is 0 Å². The number of hydrogen-bond donors (Lipinski definition) is 0. The molecule has 0 aliphatic rings. The number of halogens is 2. The van der Waals surface area contributed by atoms with Gasteiger partial charge in [-0.1, -0.05) is 70.5 Å². The molecule has 0 aromatic heterocycles. The summed E-state index contributed by atoms with van der Waals surface area (Å²) < 4.78 is 14.2. The maximum atomic E-state index is 14.2. The molecule has 0 aliphatic carbocycles. The molecule has 0 saturated carbocycles. The van der Waals surface area contributed by atoms with Gasteiger partial charge in [0.15, 0.2) is 0 Å². The SMILES string of the molecule is Cc1ccc(C(Br)c2cccc3ccccc23)c(F)c1. The molecule has 0 radical (unpaired) electrons. The van der Waals surface area contributed by atoms with Crippen LogP contribution < -0.4 is 0 Å². The van der Waals surface area contributed by atoms with Crippen molar-refractivity contribution in [2.45, 2.75) is 11.8 Å². The summed E-state index contributed by atoms with van der Waals surface area (Å²) in [6.45, 7) is 1.90. The van der Waals surface area contributed by atoms with Crippen LogP contribution in [-0.4, -0.2) is 0 Å². The Bertz CT molecular complexity index is 759. The fraction of sp³-hybridized carbons (Fsp3) is 0.111. The molecule has 1 atom stereocenters. The fourth-order valence-corrected chi connectivity index (χ4v) is 3.25. The molecule has 0 heterocycles. The summed E-state index contributed by atoms with van der Waals surface area (Å²) in [5.74, 6) is -0.167. The smallest absolute Gasteiger partial charge is 0.128 e. The predicted molar refractivity (Wildman–Crippen MR) is 85.9 cm³/mol. The molecule has 2 heteroatoms. The summed E-state index contributed by atoms with van der Waals surface area (Å²) in [4.78, 5) is -0.144. The van der Waals surface area contributed by atoms with Crippen LogP contribution in [0.5, 0.6) is 0 Å². The maximum absolute atomic E-state index is 14.2. The number of rotatable bonds is 2. The van der Waals surface area contributed by atoms with E-state index < -0.39 is 0 Å². The molecule has 0 spiro atoms. The van der Waals surface area contributed by atoms with Gasteiger partial charge in [-0.25, -0.2) is 4.39 Å². The van der Waals surface area contributed by atoms with Gasteiger partial charge >= 0.3 is 0 Å². The molecule has 0 aliphatic heterocycles. The van der Waals surface area contributed by atoms with E-state index in [0.29, 0.717) is 5.56 Å². The van der Waals surface area contributed by atoms with Gasteiger partial charge in [-0.2, -0.15) is 0 Å². The van der Waals surface area contributed by atoms with E-state index in [9.17, 15) is 4.39 Å². The van der Waals surface area contributed by atoms with Gasteiger partial charge in [0.2, 0.25) is 0 Å². The van der Waals surface area contributed by atoms with Crippen molar-refractivity contribution in [2.75, 3.05) is 0 Å². The van der Waals surface area contributed by atoms with Crippen molar-refractivity contribution in [3.8, 4) is 0 Å². The van der Waals surface area contributed by atoms with Crippen molar-refractivity contribution in [3.05, 3.63) is 83.2 Å². The quantitative estimate of drug-likeness (QED) is 0.524. The van der Waals surface area contributed by atoms with Gasteiger partial charge in [0.05, 0.1) is 4.83 Å². The van der Waals surface area contributed by atoms with Crippen LogP contribution in [0.15, 0.2) is 60.7 Å². The van der Waals surface area contributed by atoms with Crippen LogP contribution in [0.4, 0.5) is 4.39 Å². The topological polar surface area (TPSA) is 0 Å². The summed E-state index contributed by atoms with van der Waals surface area (Å²) in [6, 6.07) is 19.7. The minimum absolute atomic E-state index is 0.144. The molecular formula is C18H14BrF. The van der Waals surface area contributed by atoms with E-state index >= 15 is 0 Å². The lowest BCUT2D eigenvalue weighted by Gasteiger charge is -2.15. The molecule has 1 unspecified atom stereocenters. The third-order valence-corrected chi connectivity index (χ3v) is 4.51. The molecule has 3 aromatic rings. The Labute approximate surface area is 126 Å². The second-order valence-corrected chi connectivity index (χ2v) is 5.87. The monoisotopic (exact) mass is 328 g/mol. The van der Waals surface area contributed by atoms with Crippen molar-refractivity contribution >= 4 is 26.7 Å². The summed E-state index contributed by atoms with van der Waals surface area (Å²) in [6.07, 6.45) is 0. The molecule has 0 saturated heterocycles. The van der Waals surface area contributed by atoms with Crippen molar-refractivity contribution in [1.29, 1.82) is 0 Å². The van der Waals surface area contributed by atoms with Crippen LogP contribution in [0.3, 0.4) is 0 Å². The van der Waals surface area contributed by atoms with E-state index in [0.717, 1.165) is 16.5 Å². The Morgan fingerprint density at radius 1 is 0.900 bits per heavy atom. The first-order chi connectivity index (χ1) is 9.66. The highest BCUT2D eigenvalue weighted by Gasteiger charge is 2.16. The largest absolute Gasteiger partial charge is 0.207 e. The van der Waals surface area contributed by atoms with Crippen LogP contribution in [0, 0.1) is 12.7 Å². The molecule has 20 heavy (non-hydrogen) atoms. The zero-order valence-electron chi connectivity index (χ0n) is 11.1. The molecule has 0 amide bonds. The van der Waals surface area contributed by atoms with Crippen LogP contribution >= 0.6 is 15.9 Å². The standard InChI is InChI=1S/C18H14BrF/c1-12-9-10-16(17(20)11-12)18(19)15-8-4-6-13-5-2-3-7-14(13)15/h2-11,18H,1H3. The van der Waals surface area contributed by atoms with Crippen molar-refractivity contribution in [2.24, 2.45) is 0 Å². The van der Waals surface area contributed by atoms with Gasteiger partial charge in [0.1, 0.15) is 5.82 Å². The maximum Gasteiger partial charge on any atom is 0.128 e. The minimum Gasteiger partial charge on any atom is -0.207 e. The molecule has 3 rings (SSSR count). The summed E-state index contributed by atoms with van der Waals surface area (Å²) >= 11 is 3.65. The first kappa shape index (κ1) is 13.3. The van der Waals surface area contributed by atoms with Gasteiger partial charge < -0.3 is 0 Å². The summed E-state index contributed by atoms with van der Waals surface area (Å²) in [5.41, 5.74) is 2.70. The van der Waals surface area contributed by atoms with Crippen molar-refractivity contribution in [3.63, 3.8) is 0 Å². The van der Waals surface area contributed by atoms with Crippen molar-refractivity contribution in [1.82, 2.24) is 0 Å². The van der Waals surface area contributed by atoms with Gasteiger partial charge in [-0.15, -0.1) is 0 Å². The molecule has 0 fully saturated rings. The van der Waals surface area contributed by atoms with E-state index in [2.05, 4.69) is 34.1 Å². The van der Waals surface area contributed by atoms with Crippen molar-refractivity contribution < 1.29 is 4.39 Å². The minimum atomic E-state index is -0.167. The molecule has 0 nitrogen and oxygen atoms in total. The first-order valence-corrected chi connectivity index (χ1v) is 7.46. The van der Waals surface area contributed by atoms with Crippen LogP contribution in [0.1, 0.15) is 21.5 Å². The first-order valence-electron chi connectivity index (χ1n) is 6.54. The highest BCUT2D eigenvalue weighted by Crippen LogP contribution is 2.36. The fourth-order valence-electron chi connectivity index (χ4n) is 2.48. The zero-order valence-corrected chi connectivity index (χ0v) is 12.7. The zero-order chi connectivity index (χ0) is 14.1. The molecule has 3 aromatic carbocycles. The average molecular weight is 329 g/mol. The number of fused-ring (bicyclic) bond motifs is 1. The van der Waals surface area contributed by atoms with E-state index in [4.69, 9.17) is 0 Å². The second-order valence-electron chi connectivity index (χ2n) is 4.96. The number of hydrogen-bond acceptors (Lipinski definition) is 0. The van der Waals surface area contributed by atoms with Gasteiger partial charge in [0.25, 0.3) is 0 Å². The van der Waals surface area contributed by atoms with E-state index in [1.54, 1.807) is 6.07 Å². The van der Waals surface area contributed by atoms with E-state index in [-0.39, 0.29) is 10.6 Å². The van der Waals surface area contributed by atoms with Crippen LogP contribution in [0.2, 0.25) is 0 Å². The third-order valence-electron chi connectivity index (χ3n) is 3.53. The lowest BCUT2D eigenvalue weighted by Crippen LogP contribution is -1.98. The van der Waals surface area contributed by atoms with E-state index in [1.165, 1.54) is 5.39 Å². The number of alkyl halides is 1.